The number of rotatable bonds is 6. The highest BCUT2D eigenvalue weighted by atomic mass is 16.5. The van der Waals surface area contributed by atoms with Crippen molar-refractivity contribution in [2.75, 3.05) is 32.2 Å². The Morgan fingerprint density at radius 2 is 1.79 bits per heavy atom. The van der Waals surface area contributed by atoms with Gasteiger partial charge in [-0.3, -0.25) is 9.59 Å². The molecule has 0 spiro atoms. The van der Waals surface area contributed by atoms with Gasteiger partial charge < -0.3 is 19.9 Å². The van der Waals surface area contributed by atoms with Crippen molar-refractivity contribution in [3.8, 4) is 0 Å². The van der Waals surface area contributed by atoms with Gasteiger partial charge in [-0.25, -0.2) is 0 Å². The summed E-state index contributed by atoms with van der Waals surface area (Å²) in [5.74, 6) is -0.117. The van der Waals surface area contributed by atoms with Crippen LogP contribution in [-0.2, 0) is 11.3 Å². The molecule has 0 saturated heterocycles. The van der Waals surface area contributed by atoms with Crippen molar-refractivity contribution in [3.05, 3.63) is 94.5 Å². The second-order valence-corrected chi connectivity index (χ2v) is 8.19. The van der Waals surface area contributed by atoms with E-state index in [0.717, 1.165) is 33.8 Å². The molecule has 3 aromatic rings. The molecular weight excluding hydrogens is 414 g/mol. The summed E-state index contributed by atoms with van der Waals surface area (Å²) in [5, 5.41) is 2.87. The van der Waals surface area contributed by atoms with E-state index < -0.39 is 0 Å². The fraction of sp³-hybridized carbons (Fsp3) is 0.185. The third-order valence-corrected chi connectivity index (χ3v) is 6.13. The van der Waals surface area contributed by atoms with Gasteiger partial charge in [0, 0.05) is 49.6 Å². The van der Waals surface area contributed by atoms with Gasteiger partial charge in [0.1, 0.15) is 0 Å². The van der Waals surface area contributed by atoms with E-state index >= 15 is 0 Å². The second-order valence-electron chi connectivity index (χ2n) is 8.19. The fourth-order valence-corrected chi connectivity index (χ4v) is 4.50. The van der Waals surface area contributed by atoms with Gasteiger partial charge in [-0.1, -0.05) is 36.4 Å². The lowest BCUT2D eigenvalue weighted by molar-refractivity contribution is 0.0874. The molecule has 166 valence electrons. The number of ether oxygens (including phenoxy) is 1. The van der Waals surface area contributed by atoms with Crippen molar-refractivity contribution in [2.45, 2.75) is 6.54 Å². The van der Waals surface area contributed by atoms with Gasteiger partial charge in [-0.05, 0) is 42.0 Å². The first kappa shape index (κ1) is 21.0. The number of carbonyl (C=O) groups is 2. The maximum absolute atomic E-state index is 12.9. The Labute approximate surface area is 193 Å². The zero-order valence-corrected chi connectivity index (χ0v) is 18.7. The number of amides is 2. The summed E-state index contributed by atoms with van der Waals surface area (Å²) in [7, 11) is 3.43. The number of benzene rings is 3. The molecule has 0 radical (unpaired) electrons. The Balaban J connectivity index is 1.56. The van der Waals surface area contributed by atoms with Gasteiger partial charge >= 0.3 is 0 Å². The predicted molar refractivity (Wildman–Crippen MR) is 129 cm³/mol. The first-order valence-electron chi connectivity index (χ1n) is 10.9. The maximum Gasteiger partial charge on any atom is 0.258 e. The first-order chi connectivity index (χ1) is 16.1. The zero-order chi connectivity index (χ0) is 22.9. The summed E-state index contributed by atoms with van der Waals surface area (Å²) in [6.45, 7) is 1.49. The summed E-state index contributed by atoms with van der Waals surface area (Å²) >= 11 is 0. The molecule has 2 amide bonds. The summed E-state index contributed by atoms with van der Waals surface area (Å²) < 4.78 is 5.02. The minimum absolute atomic E-state index is 0.00663. The van der Waals surface area contributed by atoms with E-state index in [4.69, 9.17) is 4.74 Å². The first-order valence-corrected chi connectivity index (χ1v) is 10.9. The number of fused-ring (bicyclic) bond motifs is 1. The van der Waals surface area contributed by atoms with Gasteiger partial charge in [0.25, 0.3) is 11.8 Å². The van der Waals surface area contributed by atoms with Crippen LogP contribution in [0.2, 0.25) is 0 Å². The van der Waals surface area contributed by atoms with Crippen molar-refractivity contribution >= 4 is 35.0 Å². The Hall–Kier alpha value is -3.90. The van der Waals surface area contributed by atoms with E-state index in [1.54, 1.807) is 12.0 Å². The third-order valence-electron chi connectivity index (χ3n) is 6.13. The molecular formula is C27H25N3O3. The SMILES string of the molecule is COCCNC(=O)c1cccc(CN2c3ccccc3C=C3c4c(cccc42)C(=O)N3C)c1. The minimum Gasteiger partial charge on any atom is -0.383 e. The van der Waals surface area contributed by atoms with E-state index in [0.29, 0.717) is 30.8 Å². The Bertz CT molecular complexity index is 1280. The van der Waals surface area contributed by atoms with Gasteiger partial charge in [0.05, 0.1) is 23.6 Å². The molecule has 0 unspecified atom stereocenters. The van der Waals surface area contributed by atoms with E-state index in [-0.39, 0.29) is 11.8 Å². The quantitative estimate of drug-likeness (QED) is 0.582. The van der Waals surface area contributed by atoms with Crippen molar-refractivity contribution in [1.82, 2.24) is 10.2 Å². The second kappa shape index (κ2) is 8.56. The van der Waals surface area contributed by atoms with Crippen LogP contribution in [0.5, 0.6) is 0 Å². The molecule has 3 aromatic carbocycles. The summed E-state index contributed by atoms with van der Waals surface area (Å²) in [6.07, 6.45) is 2.09. The Kier molecular flexibility index (Phi) is 5.44. The Morgan fingerprint density at radius 1 is 1.00 bits per heavy atom. The maximum atomic E-state index is 12.9. The summed E-state index contributed by atoms with van der Waals surface area (Å²) in [5.41, 5.74) is 7.28. The molecule has 0 aromatic heterocycles. The molecule has 0 saturated carbocycles. The van der Waals surface area contributed by atoms with Gasteiger partial charge in [0.2, 0.25) is 0 Å². The molecule has 0 aliphatic carbocycles. The smallest absolute Gasteiger partial charge is 0.258 e. The molecule has 6 heteroatoms. The number of carbonyl (C=O) groups excluding carboxylic acids is 2. The number of nitrogens with zero attached hydrogens (tertiary/aromatic N) is 2. The van der Waals surface area contributed by atoms with Crippen LogP contribution in [0.15, 0.2) is 66.7 Å². The lowest BCUT2D eigenvalue weighted by Gasteiger charge is -2.27. The molecule has 0 bridgehead atoms. The van der Waals surface area contributed by atoms with Crippen molar-refractivity contribution < 1.29 is 14.3 Å². The molecule has 5 rings (SSSR count). The van der Waals surface area contributed by atoms with Crippen molar-refractivity contribution in [3.63, 3.8) is 0 Å². The van der Waals surface area contributed by atoms with Crippen LogP contribution < -0.4 is 10.2 Å². The average Bonchev–Trinajstić information content (AvgIpc) is 2.99. The van der Waals surface area contributed by atoms with E-state index in [2.05, 4.69) is 34.5 Å². The van der Waals surface area contributed by atoms with Crippen LogP contribution in [0.25, 0.3) is 11.8 Å². The van der Waals surface area contributed by atoms with Gasteiger partial charge in [0.15, 0.2) is 0 Å². The van der Waals surface area contributed by atoms with Crippen molar-refractivity contribution in [2.24, 2.45) is 0 Å². The normalized spacial score (nSPS) is 13.9. The predicted octanol–water partition coefficient (Wildman–Crippen LogP) is 4.30. The van der Waals surface area contributed by atoms with Crippen molar-refractivity contribution in [1.29, 1.82) is 0 Å². The van der Waals surface area contributed by atoms with E-state index in [1.165, 1.54) is 0 Å². The molecule has 1 N–H and O–H groups in total. The number of hydrogen-bond acceptors (Lipinski definition) is 4. The van der Waals surface area contributed by atoms with E-state index in [9.17, 15) is 9.59 Å². The molecule has 2 aliphatic rings. The molecule has 0 fully saturated rings. The number of para-hydroxylation sites is 1. The minimum atomic E-state index is -0.123. The number of anilines is 2. The highest BCUT2D eigenvalue weighted by Crippen LogP contribution is 2.46. The monoisotopic (exact) mass is 439 g/mol. The van der Waals surface area contributed by atoms with Crippen LogP contribution in [0.1, 0.15) is 37.4 Å². The summed E-state index contributed by atoms with van der Waals surface area (Å²) in [6, 6.07) is 21.7. The fourth-order valence-electron chi connectivity index (χ4n) is 4.50. The number of methoxy groups -OCH3 is 1. The lowest BCUT2D eigenvalue weighted by atomic mass is 10.0. The van der Waals surface area contributed by atoms with Crippen LogP contribution in [0.3, 0.4) is 0 Å². The Morgan fingerprint density at radius 3 is 2.64 bits per heavy atom. The van der Waals surface area contributed by atoms with Crippen LogP contribution in [-0.4, -0.2) is 44.0 Å². The highest BCUT2D eigenvalue weighted by molar-refractivity contribution is 6.15. The largest absolute Gasteiger partial charge is 0.383 e. The molecule has 6 nitrogen and oxygen atoms in total. The third kappa shape index (κ3) is 3.68. The number of nitrogens with one attached hydrogen (secondary N) is 1. The van der Waals surface area contributed by atoms with Crippen LogP contribution in [0.4, 0.5) is 11.4 Å². The number of hydrogen-bond donors (Lipinski definition) is 1. The van der Waals surface area contributed by atoms with Crippen LogP contribution in [0, 0.1) is 0 Å². The summed E-state index contributed by atoms with van der Waals surface area (Å²) in [4.78, 5) is 29.4. The molecule has 0 atom stereocenters. The topological polar surface area (TPSA) is 61.9 Å². The van der Waals surface area contributed by atoms with Gasteiger partial charge in [-0.15, -0.1) is 0 Å². The molecule has 2 heterocycles. The van der Waals surface area contributed by atoms with E-state index in [1.807, 2.05) is 55.6 Å². The average molecular weight is 440 g/mol. The molecule has 33 heavy (non-hydrogen) atoms. The van der Waals surface area contributed by atoms with Crippen LogP contribution >= 0.6 is 0 Å². The zero-order valence-electron chi connectivity index (χ0n) is 18.7. The van der Waals surface area contributed by atoms with Gasteiger partial charge in [-0.2, -0.15) is 0 Å². The molecule has 2 aliphatic heterocycles. The highest BCUT2D eigenvalue weighted by Gasteiger charge is 2.35. The lowest BCUT2D eigenvalue weighted by Crippen LogP contribution is -2.27. The standard InChI is InChI=1S/C27H25N3O3/c1-29-24-16-19-8-3-4-11-22(19)30(23-12-6-10-21(25(23)24)27(29)32)17-18-7-5-9-20(15-18)26(31)28-13-14-33-2/h3-12,15-16H,13-14,17H2,1-2H3,(H,28,31).